The molecule has 7 rings (SSSR count). The van der Waals surface area contributed by atoms with Crippen LogP contribution in [0.3, 0.4) is 0 Å². The number of carboxylic acid groups (broad SMARTS) is 1. The number of ether oxygens (including phenoxy) is 3. The third kappa shape index (κ3) is 9.29. The Hall–Kier alpha value is -5.19. The van der Waals surface area contributed by atoms with Crippen LogP contribution in [0.1, 0.15) is 65.8 Å². The van der Waals surface area contributed by atoms with E-state index in [2.05, 4.69) is 34.0 Å². The maximum absolute atomic E-state index is 12.7. The molecule has 0 bridgehead atoms. The van der Waals surface area contributed by atoms with Gasteiger partial charge in [0.15, 0.2) is 11.6 Å². The number of hydrogen-bond acceptors (Lipinski definition) is 11. The average Bonchev–Trinajstić information content (AvgIpc) is 3.89. The molecule has 0 spiro atoms. The summed E-state index contributed by atoms with van der Waals surface area (Å²) in [4.78, 5) is 31.7. The van der Waals surface area contributed by atoms with Crippen molar-refractivity contribution in [3.63, 3.8) is 0 Å². The molecule has 15 nitrogen and oxygen atoms in total. The molecule has 0 radical (unpaired) electrons. The number of hydrogen-bond donors (Lipinski definition) is 2. The van der Waals surface area contributed by atoms with Gasteiger partial charge in [0, 0.05) is 35.4 Å². The fourth-order valence-electron chi connectivity index (χ4n) is 4.95. The Labute approximate surface area is 321 Å². The van der Waals surface area contributed by atoms with Crippen molar-refractivity contribution >= 4 is 45.1 Å². The first-order valence-electron chi connectivity index (χ1n) is 16.7. The molecule has 0 atom stereocenters. The molecule has 284 valence electrons. The number of carbonyl (C=O) groups is 2. The van der Waals surface area contributed by atoms with Gasteiger partial charge in [-0.25, -0.2) is 37.3 Å². The van der Waals surface area contributed by atoms with Gasteiger partial charge in [0.1, 0.15) is 16.1 Å². The number of methoxy groups -OCH3 is 1. The largest absolute Gasteiger partial charge is 0.497 e. The van der Waals surface area contributed by atoms with Crippen LogP contribution in [-0.4, -0.2) is 75.3 Å². The van der Waals surface area contributed by atoms with Crippen LogP contribution in [0, 0.1) is 17.8 Å². The number of pyridine rings is 2. The number of benzene rings is 1. The molecule has 1 aromatic carbocycles. The second kappa shape index (κ2) is 15.3. The predicted molar refractivity (Wildman–Crippen MR) is 198 cm³/mol. The maximum atomic E-state index is 12.7. The third-order valence-corrected chi connectivity index (χ3v) is 11.1. The quantitative estimate of drug-likeness (QED) is 0.126. The zero-order valence-electron chi connectivity index (χ0n) is 29.7. The van der Waals surface area contributed by atoms with Gasteiger partial charge < -0.3 is 19.3 Å². The van der Waals surface area contributed by atoms with Crippen LogP contribution in [0.4, 0.5) is 0 Å². The Morgan fingerprint density at radius 2 is 1.31 bits per heavy atom. The van der Waals surface area contributed by atoms with E-state index < -0.39 is 21.9 Å². The lowest BCUT2D eigenvalue weighted by Crippen LogP contribution is -2.31. The maximum Gasteiger partial charge on any atom is 0.338 e. The number of aromatic nitrogens is 6. The van der Waals surface area contributed by atoms with Crippen LogP contribution in [0.5, 0.6) is 17.5 Å². The Morgan fingerprint density at radius 3 is 1.74 bits per heavy atom. The number of carboxylic acids is 1. The van der Waals surface area contributed by atoms with Crippen molar-refractivity contribution in [2.75, 3.05) is 20.3 Å². The first-order valence-corrected chi connectivity index (χ1v) is 19.0. The van der Waals surface area contributed by atoms with Crippen LogP contribution in [0.2, 0.25) is 10.3 Å². The molecule has 4 aromatic heterocycles. The highest BCUT2D eigenvalue weighted by Crippen LogP contribution is 2.45. The Kier molecular flexibility index (Phi) is 10.9. The number of nitrogens with one attached hydrogen (secondary N) is 1. The van der Waals surface area contributed by atoms with Crippen LogP contribution in [-0.2, 0) is 10.0 Å². The minimum atomic E-state index is -4.13. The number of aryl methyl sites for hydroxylation is 1. The lowest BCUT2D eigenvalue weighted by atomic mass is 10.2. The van der Waals surface area contributed by atoms with E-state index in [-0.39, 0.29) is 37.2 Å². The normalized spacial score (nSPS) is 15.0. The molecule has 4 heterocycles. The zero-order valence-corrected chi connectivity index (χ0v) is 32.1. The molecule has 54 heavy (non-hydrogen) atoms. The first-order chi connectivity index (χ1) is 25.6. The van der Waals surface area contributed by atoms with Crippen molar-refractivity contribution in [1.29, 1.82) is 0 Å². The minimum absolute atomic E-state index is 0.0364. The van der Waals surface area contributed by atoms with E-state index in [9.17, 15) is 18.0 Å². The van der Waals surface area contributed by atoms with E-state index in [1.54, 1.807) is 43.6 Å². The molecule has 2 aliphatic rings. The molecule has 2 N–H and O–H groups in total. The highest BCUT2D eigenvalue weighted by atomic mass is 35.5. The summed E-state index contributed by atoms with van der Waals surface area (Å²) in [5.41, 5.74) is 0.826. The van der Waals surface area contributed by atoms with Crippen molar-refractivity contribution < 1.29 is 37.3 Å². The van der Waals surface area contributed by atoms with Crippen molar-refractivity contribution in [2.45, 2.75) is 51.3 Å². The molecule has 2 fully saturated rings. The summed E-state index contributed by atoms with van der Waals surface area (Å²) in [5.74, 6) is 0.287. The number of nitrogens with zero attached hydrogens (tertiary/aromatic N) is 6. The number of rotatable bonds is 13. The van der Waals surface area contributed by atoms with E-state index in [4.69, 9.17) is 42.5 Å². The molecular weight excluding hydrogens is 761 g/mol. The second-order valence-corrected chi connectivity index (χ2v) is 16.1. The van der Waals surface area contributed by atoms with E-state index in [0.29, 0.717) is 47.9 Å². The molecule has 18 heteroatoms. The molecule has 1 amide bonds. The smallest absolute Gasteiger partial charge is 0.338 e. The Balaban J connectivity index is 0.000000203. The molecule has 0 aliphatic heterocycles. The van der Waals surface area contributed by atoms with Gasteiger partial charge in [-0.1, -0.05) is 37.0 Å². The van der Waals surface area contributed by atoms with E-state index >= 15 is 0 Å². The summed E-state index contributed by atoms with van der Waals surface area (Å²) in [6.45, 7) is 7.19. The summed E-state index contributed by atoms with van der Waals surface area (Å²) in [5, 5.41) is 17.3. The molecular formula is C36H37Cl2N7O8S. The van der Waals surface area contributed by atoms with Crippen molar-refractivity contribution in [1.82, 2.24) is 34.3 Å². The van der Waals surface area contributed by atoms with Gasteiger partial charge in [0.05, 0.1) is 36.3 Å². The SMILES string of the molecule is CC1(COc2ccn(-c3ccc(C(=O)O)c(Cl)n3)n2)CC1.COc1ccc(S(=O)(=O)NC(=O)c2ccc(-n3ccc(OCC4(C)CC4)n3)nc2Cl)c(C)c1. The molecule has 2 aliphatic carbocycles. The topological polar surface area (TPSA) is 190 Å². The van der Waals surface area contributed by atoms with E-state index in [1.807, 2.05) is 4.72 Å². The van der Waals surface area contributed by atoms with Crippen LogP contribution >= 0.6 is 23.2 Å². The lowest BCUT2D eigenvalue weighted by molar-refractivity contribution is 0.0696. The first kappa shape index (κ1) is 38.5. The molecule has 0 saturated heterocycles. The van der Waals surface area contributed by atoms with E-state index in [0.717, 1.165) is 12.8 Å². The number of amides is 1. The second-order valence-electron chi connectivity index (χ2n) is 13.8. The number of carbonyl (C=O) groups excluding carboxylic acids is 1. The highest BCUT2D eigenvalue weighted by molar-refractivity contribution is 7.90. The molecule has 0 unspecified atom stereocenters. The molecule has 5 aromatic rings. The van der Waals surface area contributed by atoms with Gasteiger partial charge in [0.25, 0.3) is 15.9 Å². The number of halogens is 2. The summed E-state index contributed by atoms with van der Waals surface area (Å²) in [7, 11) is -2.65. The Morgan fingerprint density at radius 1 is 0.815 bits per heavy atom. The fraction of sp³-hybridized carbons (Fsp3) is 0.333. The predicted octanol–water partition coefficient (Wildman–Crippen LogP) is 6.33. The highest BCUT2D eigenvalue weighted by Gasteiger charge is 2.39. The van der Waals surface area contributed by atoms with Crippen LogP contribution in [0.25, 0.3) is 11.6 Å². The minimum Gasteiger partial charge on any atom is -0.497 e. The summed E-state index contributed by atoms with van der Waals surface area (Å²) >= 11 is 12.0. The number of aromatic carboxylic acids is 1. The summed E-state index contributed by atoms with van der Waals surface area (Å²) < 4.78 is 46.9. The lowest BCUT2D eigenvalue weighted by Gasteiger charge is -2.11. The third-order valence-electron chi connectivity index (χ3n) is 8.98. The zero-order chi connectivity index (χ0) is 38.8. The van der Waals surface area contributed by atoms with Gasteiger partial charge in [0.2, 0.25) is 11.8 Å². The fourth-order valence-corrected chi connectivity index (χ4v) is 6.61. The van der Waals surface area contributed by atoms with Crippen molar-refractivity contribution in [2.24, 2.45) is 10.8 Å². The van der Waals surface area contributed by atoms with Gasteiger partial charge in [-0.15, -0.1) is 10.2 Å². The van der Waals surface area contributed by atoms with Gasteiger partial charge in [-0.05, 0) is 80.6 Å². The summed E-state index contributed by atoms with van der Waals surface area (Å²) in [6.07, 6.45) is 8.01. The summed E-state index contributed by atoms with van der Waals surface area (Å²) in [6, 6.07) is 13.8. The Bertz CT molecular complexity index is 2320. The average molecular weight is 799 g/mol. The molecule has 2 saturated carbocycles. The number of sulfonamides is 1. The van der Waals surface area contributed by atoms with Gasteiger partial charge >= 0.3 is 5.97 Å². The monoisotopic (exact) mass is 797 g/mol. The van der Waals surface area contributed by atoms with E-state index in [1.165, 1.54) is 59.6 Å². The van der Waals surface area contributed by atoms with Gasteiger partial charge in [-0.3, -0.25) is 4.79 Å². The van der Waals surface area contributed by atoms with Crippen molar-refractivity contribution in [3.8, 4) is 29.1 Å². The van der Waals surface area contributed by atoms with Gasteiger partial charge in [-0.2, -0.15) is 0 Å². The van der Waals surface area contributed by atoms with Crippen LogP contribution in [0.15, 0.2) is 71.9 Å². The van der Waals surface area contributed by atoms with Crippen molar-refractivity contribution in [3.05, 3.63) is 94.0 Å². The standard InChI is InChI=1S/C22H23ClN4O5S.C14H14ClN3O3/c1-14-12-15(31-3)4-6-17(14)33(29,30)26-21(28)16-5-7-18(24-20(16)23)27-11-8-19(25-27)32-13-22(2)9-10-22;1-14(5-6-14)8-21-11-4-7-18(17-11)10-3-2-9(13(19)20)12(15)16-10/h4-8,11-12H,9-10,13H2,1-3H3,(H,26,28);2-4,7H,5-6,8H2,1H3,(H,19,20). The van der Waals surface area contributed by atoms with Crippen LogP contribution < -0.4 is 18.9 Å².